The predicted octanol–water partition coefficient (Wildman–Crippen LogP) is 4.68. The van der Waals surface area contributed by atoms with Crippen LogP contribution in [0.5, 0.6) is 0 Å². The third-order valence-corrected chi connectivity index (χ3v) is 3.58. The molecule has 0 saturated carbocycles. The molecule has 1 aromatic carbocycles. The van der Waals surface area contributed by atoms with Crippen LogP contribution in [0, 0.1) is 6.92 Å². The van der Waals surface area contributed by atoms with Crippen molar-refractivity contribution in [2.75, 3.05) is 0 Å². The summed E-state index contributed by atoms with van der Waals surface area (Å²) in [6.07, 6.45) is 2.55. The lowest BCUT2D eigenvalue weighted by Crippen LogP contribution is -2.00. The Hall–Kier alpha value is -0.860. The van der Waals surface area contributed by atoms with Crippen molar-refractivity contribution >= 4 is 27.5 Å². The van der Waals surface area contributed by atoms with E-state index >= 15 is 0 Å². The Kier molecular flexibility index (Phi) is 4.19. The first kappa shape index (κ1) is 12.6. The van der Waals surface area contributed by atoms with Crippen molar-refractivity contribution in [1.29, 1.82) is 0 Å². The standard InChI is InChI=1S/C14H13BrClN/c1-10-5-6-11(15)8-13(10)14(16)9-12-4-2-3-7-17-12/h2-8,14H,9H2,1H3. The summed E-state index contributed by atoms with van der Waals surface area (Å²) in [6, 6.07) is 12.1. The normalized spacial score (nSPS) is 12.4. The lowest BCUT2D eigenvalue weighted by Gasteiger charge is -2.12. The molecular weight excluding hydrogens is 298 g/mol. The van der Waals surface area contributed by atoms with Crippen molar-refractivity contribution in [1.82, 2.24) is 4.98 Å². The molecule has 0 spiro atoms. The number of benzene rings is 1. The van der Waals surface area contributed by atoms with Gasteiger partial charge in [0.15, 0.2) is 0 Å². The van der Waals surface area contributed by atoms with Crippen LogP contribution < -0.4 is 0 Å². The minimum absolute atomic E-state index is 0.0394. The highest BCUT2D eigenvalue weighted by atomic mass is 79.9. The van der Waals surface area contributed by atoms with Crippen LogP contribution in [0.4, 0.5) is 0 Å². The highest BCUT2D eigenvalue weighted by molar-refractivity contribution is 9.10. The van der Waals surface area contributed by atoms with Crippen molar-refractivity contribution in [3.63, 3.8) is 0 Å². The Morgan fingerprint density at radius 3 is 2.82 bits per heavy atom. The quantitative estimate of drug-likeness (QED) is 0.750. The van der Waals surface area contributed by atoms with Gasteiger partial charge in [0.2, 0.25) is 0 Å². The van der Waals surface area contributed by atoms with Gasteiger partial charge in [-0.2, -0.15) is 0 Å². The molecule has 0 aliphatic heterocycles. The van der Waals surface area contributed by atoms with Gasteiger partial charge in [0.1, 0.15) is 0 Å². The summed E-state index contributed by atoms with van der Waals surface area (Å²) >= 11 is 9.93. The summed E-state index contributed by atoms with van der Waals surface area (Å²) in [5, 5.41) is -0.0394. The molecule has 1 heterocycles. The van der Waals surface area contributed by atoms with E-state index in [1.807, 2.05) is 24.3 Å². The van der Waals surface area contributed by atoms with Crippen LogP contribution >= 0.6 is 27.5 Å². The first-order valence-electron chi connectivity index (χ1n) is 5.47. The maximum absolute atomic E-state index is 6.46. The minimum Gasteiger partial charge on any atom is -0.261 e. The number of halogens is 2. The zero-order valence-electron chi connectivity index (χ0n) is 9.53. The van der Waals surface area contributed by atoms with Gasteiger partial charge in [0.05, 0.1) is 5.38 Å². The van der Waals surface area contributed by atoms with Gasteiger partial charge < -0.3 is 0 Å². The topological polar surface area (TPSA) is 12.9 Å². The van der Waals surface area contributed by atoms with Gasteiger partial charge in [-0.15, -0.1) is 11.6 Å². The summed E-state index contributed by atoms with van der Waals surface area (Å²) in [7, 11) is 0. The van der Waals surface area contributed by atoms with E-state index in [1.54, 1.807) is 6.20 Å². The number of hydrogen-bond donors (Lipinski definition) is 0. The van der Waals surface area contributed by atoms with Gasteiger partial charge in [0.25, 0.3) is 0 Å². The van der Waals surface area contributed by atoms with Gasteiger partial charge in [-0.05, 0) is 42.3 Å². The van der Waals surface area contributed by atoms with E-state index in [0.29, 0.717) is 0 Å². The van der Waals surface area contributed by atoms with E-state index in [2.05, 4.69) is 40.0 Å². The average molecular weight is 311 g/mol. The molecule has 88 valence electrons. The zero-order valence-corrected chi connectivity index (χ0v) is 11.9. The van der Waals surface area contributed by atoms with Crippen molar-refractivity contribution in [2.45, 2.75) is 18.7 Å². The summed E-state index contributed by atoms with van der Waals surface area (Å²) in [4.78, 5) is 4.30. The lowest BCUT2D eigenvalue weighted by atomic mass is 10.0. The smallest absolute Gasteiger partial charge is 0.0643 e. The SMILES string of the molecule is Cc1ccc(Br)cc1C(Cl)Cc1ccccn1. The largest absolute Gasteiger partial charge is 0.261 e. The van der Waals surface area contributed by atoms with Crippen LogP contribution in [0.1, 0.15) is 22.2 Å². The van der Waals surface area contributed by atoms with E-state index in [-0.39, 0.29) is 5.38 Å². The monoisotopic (exact) mass is 309 g/mol. The van der Waals surface area contributed by atoms with E-state index < -0.39 is 0 Å². The van der Waals surface area contributed by atoms with Gasteiger partial charge in [-0.25, -0.2) is 0 Å². The molecule has 3 heteroatoms. The number of hydrogen-bond acceptors (Lipinski definition) is 1. The molecule has 1 aromatic heterocycles. The molecule has 1 nitrogen and oxygen atoms in total. The van der Waals surface area contributed by atoms with Crippen molar-refractivity contribution in [2.24, 2.45) is 0 Å². The molecule has 2 rings (SSSR count). The second-order valence-electron chi connectivity index (χ2n) is 3.99. The van der Waals surface area contributed by atoms with Crippen LogP contribution in [0.2, 0.25) is 0 Å². The Labute approximate surface area is 115 Å². The molecule has 0 bridgehead atoms. The number of alkyl halides is 1. The Morgan fingerprint density at radius 2 is 2.12 bits per heavy atom. The second-order valence-corrected chi connectivity index (χ2v) is 5.44. The van der Waals surface area contributed by atoms with Crippen molar-refractivity contribution in [3.05, 3.63) is 63.9 Å². The predicted molar refractivity (Wildman–Crippen MR) is 75.4 cm³/mol. The van der Waals surface area contributed by atoms with Crippen LogP contribution in [0.3, 0.4) is 0 Å². The molecule has 0 amide bonds. The summed E-state index contributed by atoms with van der Waals surface area (Å²) in [5.41, 5.74) is 3.39. The van der Waals surface area contributed by atoms with Gasteiger partial charge in [-0.1, -0.05) is 28.1 Å². The fourth-order valence-electron chi connectivity index (χ4n) is 1.76. The Morgan fingerprint density at radius 1 is 1.29 bits per heavy atom. The van der Waals surface area contributed by atoms with E-state index in [1.165, 1.54) is 5.56 Å². The maximum atomic E-state index is 6.46. The molecule has 0 N–H and O–H groups in total. The third-order valence-electron chi connectivity index (χ3n) is 2.69. The second kappa shape index (κ2) is 5.65. The highest BCUT2D eigenvalue weighted by Gasteiger charge is 2.12. The maximum Gasteiger partial charge on any atom is 0.0643 e. The number of nitrogens with zero attached hydrogens (tertiary/aromatic N) is 1. The van der Waals surface area contributed by atoms with Crippen molar-refractivity contribution < 1.29 is 0 Å². The third kappa shape index (κ3) is 3.30. The molecule has 0 saturated heterocycles. The molecule has 2 aromatic rings. The van der Waals surface area contributed by atoms with Crippen molar-refractivity contribution in [3.8, 4) is 0 Å². The van der Waals surface area contributed by atoms with Crippen LogP contribution in [-0.2, 0) is 6.42 Å². The van der Waals surface area contributed by atoms with Crippen LogP contribution in [0.15, 0.2) is 47.1 Å². The van der Waals surface area contributed by atoms with Gasteiger partial charge >= 0.3 is 0 Å². The first-order chi connectivity index (χ1) is 8.16. The highest BCUT2D eigenvalue weighted by Crippen LogP contribution is 2.29. The zero-order chi connectivity index (χ0) is 12.3. The minimum atomic E-state index is -0.0394. The Bertz CT molecular complexity index is 499. The molecule has 0 aliphatic carbocycles. The number of rotatable bonds is 3. The van der Waals surface area contributed by atoms with E-state index in [0.717, 1.165) is 22.2 Å². The van der Waals surface area contributed by atoms with Crippen LogP contribution in [0.25, 0.3) is 0 Å². The van der Waals surface area contributed by atoms with E-state index in [9.17, 15) is 0 Å². The first-order valence-corrected chi connectivity index (χ1v) is 6.70. The Balaban J connectivity index is 2.20. The molecular formula is C14H13BrClN. The fourth-order valence-corrected chi connectivity index (χ4v) is 2.53. The van der Waals surface area contributed by atoms with E-state index in [4.69, 9.17) is 11.6 Å². The summed E-state index contributed by atoms with van der Waals surface area (Å²) in [5.74, 6) is 0. The van der Waals surface area contributed by atoms with Gasteiger partial charge in [0, 0.05) is 22.8 Å². The number of pyridine rings is 1. The molecule has 1 unspecified atom stereocenters. The van der Waals surface area contributed by atoms with Gasteiger partial charge in [-0.3, -0.25) is 4.98 Å². The van der Waals surface area contributed by atoms with Crippen LogP contribution in [-0.4, -0.2) is 4.98 Å². The molecule has 0 aliphatic rings. The number of aromatic nitrogens is 1. The lowest BCUT2D eigenvalue weighted by molar-refractivity contribution is 0.873. The molecule has 0 fully saturated rings. The molecule has 17 heavy (non-hydrogen) atoms. The molecule has 0 radical (unpaired) electrons. The average Bonchev–Trinajstić information content (AvgIpc) is 2.33. The summed E-state index contributed by atoms with van der Waals surface area (Å²) in [6.45, 7) is 2.08. The summed E-state index contributed by atoms with van der Waals surface area (Å²) < 4.78 is 1.06. The number of aryl methyl sites for hydroxylation is 1. The molecule has 1 atom stereocenters. The fraction of sp³-hybridized carbons (Fsp3) is 0.214.